The van der Waals surface area contributed by atoms with Crippen LogP contribution in [0.5, 0.6) is 5.75 Å². The van der Waals surface area contributed by atoms with E-state index >= 15 is 0 Å². The lowest BCUT2D eigenvalue weighted by molar-refractivity contribution is -0.121. The van der Waals surface area contributed by atoms with Crippen molar-refractivity contribution in [2.45, 2.75) is 71.2 Å². The van der Waals surface area contributed by atoms with Crippen LogP contribution in [-0.2, 0) is 27.7 Å². The minimum absolute atomic E-state index is 0.0694. The number of aromatic nitrogens is 2. The van der Waals surface area contributed by atoms with E-state index in [4.69, 9.17) is 25.7 Å². The first-order valence-corrected chi connectivity index (χ1v) is 13.9. The molecule has 0 atom stereocenters. The first-order chi connectivity index (χ1) is 14.3. The van der Waals surface area contributed by atoms with Crippen LogP contribution < -0.4 is 9.64 Å². The Balaban J connectivity index is 1.74. The van der Waals surface area contributed by atoms with Gasteiger partial charge in [0.2, 0.25) is 5.91 Å². The van der Waals surface area contributed by atoms with E-state index in [0.717, 1.165) is 23.4 Å². The number of rotatable bonds is 4. The second-order valence-corrected chi connectivity index (χ2v) is 15.5. The highest BCUT2D eigenvalue weighted by Crippen LogP contribution is 2.47. The van der Waals surface area contributed by atoms with Gasteiger partial charge >= 0.3 is 0 Å². The Morgan fingerprint density at radius 1 is 1.26 bits per heavy atom. The van der Waals surface area contributed by atoms with Gasteiger partial charge in [0.1, 0.15) is 16.7 Å². The molecule has 4 rings (SSSR count). The van der Waals surface area contributed by atoms with Crippen LogP contribution in [0.15, 0.2) is 18.2 Å². The molecule has 1 aromatic heterocycles. The molecule has 8 heteroatoms. The van der Waals surface area contributed by atoms with Gasteiger partial charge in [0.25, 0.3) is 0 Å². The molecule has 0 radical (unpaired) electrons. The van der Waals surface area contributed by atoms with Crippen LogP contribution in [0.1, 0.15) is 51.6 Å². The van der Waals surface area contributed by atoms with E-state index in [2.05, 4.69) is 38.8 Å². The van der Waals surface area contributed by atoms with E-state index in [1.807, 2.05) is 32.0 Å². The third kappa shape index (κ3) is 3.66. The molecule has 3 heterocycles. The molecule has 0 bridgehead atoms. The lowest BCUT2D eigenvalue weighted by atomic mass is 9.88. The normalized spacial score (nSPS) is 17.5. The second kappa shape index (κ2) is 7.29. The molecule has 0 spiro atoms. The minimum Gasteiger partial charge on any atom is -0.493 e. The van der Waals surface area contributed by atoms with Crippen molar-refractivity contribution < 1.29 is 14.0 Å². The van der Waals surface area contributed by atoms with Gasteiger partial charge in [0.15, 0.2) is 14.1 Å². The highest BCUT2D eigenvalue weighted by molar-refractivity contribution is 6.74. The Hall–Kier alpha value is -1.96. The molecular weight excluding hydrogens is 430 g/mol. The van der Waals surface area contributed by atoms with Crippen LogP contribution >= 0.6 is 11.6 Å². The van der Waals surface area contributed by atoms with E-state index < -0.39 is 13.7 Å². The number of ether oxygens (including phenoxy) is 1. The molecule has 0 aliphatic carbocycles. The van der Waals surface area contributed by atoms with Gasteiger partial charge in [-0.25, -0.2) is 9.97 Å². The predicted molar refractivity (Wildman–Crippen MR) is 125 cm³/mol. The first kappa shape index (κ1) is 22.2. The summed E-state index contributed by atoms with van der Waals surface area (Å²) in [5.41, 5.74) is 1.71. The zero-order valence-electron chi connectivity index (χ0n) is 19.3. The number of nitrogens with zero attached hydrogens (tertiary/aromatic N) is 3. The molecule has 0 fully saturated rings. The average molecular weight is 460 g/mol. The number of anilines is 2. The van der Waals surface area contributed by atoms with Crippen molar-refractivity contribution >= 4 is 37.3 Å². The van der Waals surface area contributed by atoms with E-state index in [1.165, 1.54) is 0 Å². The smallest absolute Gasteiger partial charge is 0.243 e. The average Bonchev–Trinajstić information content (AvgIpc) is 3.20. The molecule has 6 nitrogen and oxygen atoms in total. The van der Waals surface area contributed by atoms with E-state index in [1.54, 1.807) is 4.90 Å². The summed E-state index contributed by atoms with van der Waals surface area (Å²) in [5, 5.41) is 0.383. The molecule has 0 saturated carbocycles. The van der Waals surface area contributed by atoms with Crippen LogP contribution in [0, 0.1) is 0 Å². The van der Waals surface area contributed by atoms with Gasteiger partial charge in [-0.1, -0.05) is 32.4 Å². The lowest BCUT2D eigenvalue weighted by Gasteiger charge is -2.35. The molecule has 0 unspecified atom stereocenters. The number of amides is 1. The number of halogens is 1. The predicted octanol–water partition coefficient (Wildman–Crippen LogP) is 5.54. The van der Waals surface area contributed by atoms with Crippen LogP contribution in [0.4, 0.5) is 11.5 Å². The van der Waals surface area contributed by atoms with Crippen molar-refractivity contribution in [3.8, 4) is 5.75 Å². The monoisotopic (exact) mass is 459 g/mol. The maximum atomic E-state index is 13.4. The van der Waals surface area contributed by atoms with Gasteiger partial charge in [-0.3, -0.25) is 9.69 Å². The molecule has 2 aliphatic rings. The number of carbonyl (C=O) groups excluding carboxylic acids is 1. The molecule has 166 valence electrons. The standard InChI is InChI=1S/C23H30ClN3O3Si/c1-22(2,3)31(6,7)30-13-17-25-19(24)18-20(26-17)27(21(28)23(18,4)5)15-8-9-16-14(12-15)10-11-29-16/h8-9,12H,10-11,13H2,1-7H3. The minimum atomic E-state index is -1.98. The third-order valence-corrected chi connectivity index (χ3v) is 11.5. The van der Waals surface area contributed by atoms with Crippen molar-refractivity contribution in [2.75, 3.05) is 11.5 Å². The summed E-state index contributed by atoms with van der Waals surface area (Å²) in [6, 6.07) is 5.82. The molecule has 0 saturated heterocycles. The van der Waals surface area contributed by atoms with Crippen molar-refractivity contribution in [2.24, 2.45) is 0 Å². The number of fused-ring (bicyclic) bond motifs is 2. The fraction of sp³-hybridized carbons (Fsp3) is 0.522. The number of hydrogen-bond acceptors (Lipinski definition) is 5. The zero-order valence-corrected chi connectivity index (χ0v) is 21.1. The largest absolute Gasteiger partial charge is 0.493 e. The molecule has 1 amide bonds. The van der Waals surface area contributed by atoms with Crippen molar-refractivity contribution in [1.82, 2.24) is 9.97 Å². The molecule has 2 aromatic rings. The summed E-state index contributed by atoms with van der Waals surface area (Å²) in [5.74, 6) is 1.84. The summed E-state index contributed by atoms with van der Waals surface area (Å²) in [7, 11) is -1.98. The Bertz CT molecular complexity index is 1060. The van der Waals surface area contributed by atoms with E-state index in [9.17, 15) is 4.79 Å². The fourth-order valence-electron chi connectivity index (χ4n) is 3.72. The number of hydrogen-bond donors (Lipinski definition) is 0. The van der Waals surface area contributed by atoms with Gasteiger partial charge < -0.3 is 9.16 Å². The maximum Gasteiger partial charge on any atom is 0.243 e. The summed E-state index contributed by atoms with van der Waals surface area (Å²) in [4.78, 5) is 24.4. The van der Waals surface area contributed by atoms with Crippen LogP contribution in [0.2, 0.25) is 23.3 Å². The summed E-state index contributed by atoms with van der Waals surface area (Å²) < 4.78 is 11.9. The highest BCUT2D eigenvalue weighted by atomic mass is 35.5. The molecule has 2 aliphatic heterocycles. The van der Waals surface area contributed by atoms with Gasteiger partial charge in [-0.2, -0.15) is 0 Å². The van der Waals surface area contributed by atoms with Crippen LogP contribution in [0.25, 0.3) is 0 Å². The highest BCUT2D eigenvalue weighted by Gasteiger charge is 2.48. The van der Waals surface area contributed by atoms with Gasteiger partial charge in [0.05, 0.1) is 24.3 Å². The molecule has 31 heavy (non-hydrogen) atoms. The molecule has 1 aromatic carbocycles. The molecule has 0 N–H and O–H groups in total. The number of benzene rings is 1. The topological polar surface area (TPSA) is 64.6 Å². The van der Waals surface area contributed by atoms with Crippen molar-refractivity contribution in [3.05, 3.63) is 40.3 Å². The van der Waals surface area contributed by atoms with E-state index in [0.29, 0.717) is 29.0 Å². The van der Waals surface area contributed by atoms with E-state index in [-0.39, 0.29) is 17.6 Å². The summed E-state index contributed by atoms with van der Waals surface area (Å²) in [6.07, 6.45) is 0.831. The first-order valence-electron chi connectivity index (χ1n) is 10.6. The van der Waals surface area contributed by atoms with Gasteiger partial charge in [-0.05, 0) is 55.7 Å². The Morgan fingerprint density at radius 3 is 2.65 bits per heavy atom. The lowest BCUT2D eigenvalue weighted by Crippen LogP contribution is -2.40. The Labute approximate surface area is 190 Å². The van der Waals surface area contributed by atoms with Crippen molar-refractivity contribution in [3.63, 3.8) is 0 Å². The van der Waals surface area contributed by atoms with Crippen LogP contribution in [0.3, 0.4) is 0 Å². The fourth-order valence-corrected chi connectivity index (χ4v) is 5.07. The molecular formula is C23H30ClN3O3Si. The van der Waals surface area contributed by atoms with Gasteiger partial charge in [-0.15, -0.1) is 0 Å². The van der Waals surface area contributed by atoms with Crippen LogP contribution in [-0.4, -0.2) is 30.8 Å². The Kier molecular flexibility index (Phi) is 5.23. The summed E-state index contributed by atoms with van der Waals surface area (Å²) in [6.45, 7) is 15.6. The second-order valence-electron chi connectivity index (χ2n) is 10.3. The quantitative estimate of drug-likeness (QED) is 0.443. The zero-order chi connectivity index (χ0) is 22.8. The summed E-state index contributed by atoms with van der Waals surface area (Å²) >= 11 is 6.62. The van der Waals surface area contributed by atoms with Gasteiger partial charge in [0, 0.05) is 12.0 Å². The Morgan fingerprint density at radius 2 is 1.97 bits per heavy atom. The third-order valence-electron chi connectivity index (χ3n) is 6.77. The number of carbonyl (C=O) groups is 1. The maximum absolute atomic E-state index is 13.4. The van der Waals surface area contributed by atoms with Crippen molar-refractivity contribution in [1.29, 1.82) is 0 Å². The SMILES string of the molecule is CC1(C)C(=O)N(c2ccc3c(c2)CCO3)c2nc(CO[Si](C)(C)C(C)(C)C)nc(Cl)c21.